The fraction of sp³-hybridized carbons (Fsp3) is 0.364. The Morgan fingerprint density at radius 1 is 1.09 bits per heavy atom. The van der Waals surface area contributed by atoms with Crippen LogP contribution in [0.25, 0.3) is 10.9 Å². The van der Waals surface area contributed by atoms with Crippen LogP contribution in [0.5, 0.6) is 11.5 Å². The average molecular weight is 453 g/mol. The molecular weight excluding hydrogens is 433 g/mol. The summed E-state index contributed by atoms with van der Waals surface area (Å²) in [5, 5.41) is 0.414. The number of nitrogens with zero attached hydrogens (tertiary/aromatic N) is 3. The summed E-state index contributed by atoms with van der Waals surface area (Å²) in [4.78, 5) is 9.52. The summed E-state index contributed by atoms with van der Waals surface area (Å²) in [5.74, 6) is -1.70. The molecule has 0 aliphatic carbocycles. The molecule has 3 aromatic rings. The lowest BCUT2D eigenvalue weighted by Crippen LogP contribution is -2.52. The minimum absolute atomic E-state index is 0.0976. The van der Waals surface area contributed by atoms with E-state index in [-0.39, 0.29) is 42.4 Å². The van der Waals surface area contributed by atoms with Crippen LogP contribution in [0.1, 0.15) is 25.6 Å². The molecular formula is C22H20F5N3O2. The number of pyridine rings is 2. The molecule has 0 saturated carbocycles. The van der Waals surface area contributed by atoms with E-state index in [1.54, 1.807) is 13.8 Å². The number of morpholine rings is 1. The highest BCUT2D eigenvalue weighted by Crippen LogP contribution is 2.39. The zero-order valence-corrected chi connectivity index (χ0v) is 17.3. The van der Waals surface area contributed by atoms with Crippen LogP contribution in [-0.4, -0.2) is 46.3 Å². The molecule has 1 aliphatic rings. The second-order valence-electron chi connectivity index (χ2n) is 8.17. The first-order chi connectivity index (χ1) is 15.0. The molecule has 0 N–H and O–H groups in total. The second kappa shape index (κ2) is 8.25. The summed E-state index contributed by atoms with van der Waals surface area (Å²) < 4.78 is 79.8. The van der Waals surface area contributed by atoms with Crippen molar-refractivity contribution in [1.82, 2.24) is 14.9 Å². The zero-order valence-electron chi connectivity index (χ0n) is 17.3. The maximum atomic E-state index is 14.0. The molecule has 0 bridgehead atoms. The van der Waals surface area contributed by atoms with Gasteiger partial charge in [0.25, 0.3) is 0 Å². The van der Waals surface area contributed by atoms with E-state index in [4.69, 9.17) is 9.47 Å². The molecule has 1 fully saturated rings. The first-order valence-electron chi connectivity index (χ1n) is 9.85. The maximum absolute atomic E-state index is 14.0. The minimum atomic E-state index is -4.54. The van der Waals surface area contributed by atoms with Gasteiger partial charge in [0.15, 0.2) is 11.6 Å². The van der Waals surface area contributed by atoms with Crippen molar-refractivity contribution >= 4 is 10.9 Å². The molecule has 1 aromatic carbocycles. The quantitative estimate of drug-likeness (QED) is 0.494. The van der Waals surface area contributed by atoms with Crippen molar-refractivity contribution in [2.75, 3.05) is 19.7 Å². The summed E-state index contributed by atoms with van der Waals surface area (Å²) in [7, 11) is 0. The molecule has 1 saturated heterocycles. The fourth-order valence-corrected chi connectivity index (χ4v) is 3.74. The van der Waals surface area contributed by atoms with E-state index >= 15 is 0 Å². The predicted molar refractivity (Wildman–Crippen MR) is 106 cm³/mol. The van der Waals surface area contributed by atoms with E-state index in [1.165, 1.54) is 29.4 Å². The molecule has 170 valence electrons. The molecule has 3 heterocycles. The number of fused-ring (bicyclic) bond motifs is 1. The van der Waals surface area contributed by atoms with Crippen LogP contribution in [0, 0.1) is 11.6 Å². The molecule has 0 amide bonds. The maximum Gasteiger partial charge on any atom is 0.409 e. The van der Waals surface area contributed by atoms with E-state index in [0.29, 0.717) is 11.5 Å². The average Bonchev–Trinajstić information content (AvgIpc) is 2.68. The van der Waals surface area contributed by atoms with E-state index in [2.05, 4.69) is 9.97 Å². The minimum Gasteiger partial charge on any atom is -0.453 e. The number of benzene rings is 1. The monoisotopic (exact) mass is 453 g/mol. The smallest absolute Gasteiger partial charge is 0.409 e. The van der Waals surface area contributed by atoms with E-state index in [9.17, 15) is 22.0 Å². The Balaban J connectivity index is 1.64. The topological polar surface area (TPSA) is 47.5 Å². The molecule has 1 atom stereocenters. The SMILES string of the molecule is CC1(C)CN(C(c2cc3ncc(Oc4ccc(F)cc4F)cc3cn2)C(F)(F)F)CCO1. The predicted octanol–water partition coefficient (Wildman–Crippen LogP) is 5.41. The van der Waals surface area contributed by atoms with Gasteiger partial charge in [-0.25, -0.2) is 8.78 Å². The van der Waals surface area contributed by atoms with Crippen molar-refractivity contribution < 1.29 is 31.4 Å². The van der Waals surface area contributed by atoms with E-state index in [0.717, 1.165) is 12.1 Å². The van der Waals surface area contributed by atoms with Crippen LogP contribution >= 0.6 is 0 Å². The van der Waals surface area contributed by atoms with Crippen molar-refractivity contribution in [3.05, 3.63) is 60.1 Å². The summed E-state index contributed by atoms with van der Waals surface area (Å²) in [5.41, 5.74) is -0.601. The van der Waals surface area contributed by atoms with Crippen molar-refractivity contribution in [2.24, 2.45) is 0 Å². The van der Waals surface area contributed by atoms with Crippen LogP contribution in [0.15, 0.2) is 42.7 Å². The summed E-state index contributed by atoms with van der Waals surface area (Å²) in [6.07, 6.45) is -2.01. The van der Waals surface area contributed by atoms with Crippen LogP contribution in [-0.2, 0) is 4.74 Å². The van der Waals surface area contributed by atoms with Gasteiger partial charge in [-0.1, -0.05) is 0 Å². The second-order valence-corrected chi connectivity index (χ2v) is 8.17. The van der Waals surface area contributed by atoms with Gasteiger partial charge >= 0.3 is 6.18 Å². The molecule has 2 aromatic heterocycles. The van der Waals surface area contributed by atoms with Gasteiger partial charge in [-0.15, -0.1) is 0 Å². The Hall–Kier alpha value is -2.85. The molecule has 0 radical (unpaired) electrons. The fourth-order valence-electron chi connectivity index (χ4n) is 3.74. The zero-order chi connectivity index (χ0) is 23.1. The molecule has 5 nitrogen and oxygen atoms in total. The molecule has 1 unspecified atom stereocenters. The van der Waals surface area contributed by atoms with Crippen LogP contribution < -0.4 is 4.74 Å². The van der Waals surface area contributed by atoms with Gasteiger partial charge in [-0.3, -0.25) is 14.9 Å². The largest absolute Gasteiger partial charge is 0.453 e. The van der Waals surface area contributed by atoms with Gasteiger partial charge in [0.1, 0.15) is 17.6 Å². The Morgan fingerprint density at radius 3 is 2.56 bits per heavy atom. The van der Waals surface area contributed by atoms with Crippen LogP contribution in [0.3, 0.4) is 0 Å². The number of halogens is 5. The van der Waals surface area contributed by atoms with E-state index in [1.807, 2.05) is 0 Å². The highest BCUT2D eigenvalue weighted by atomic mass is 19.4. The Bertz CT molecular complexity index is 1140. The summed E-state index contributed by atoms with van der Waals surface area (Å²) in [6, 6.07) is 3.72. The number of rotatable bonds is 4. The third-order valence-corrected chi connectivity index (χ3v) is 5.09. The van der Waals surface area contributed by atoms with Gasteiger partial charge in [-0.2, -0.15) is 13.2 Å². The Kier molecular flexibility index (Phi) is 5.76. The first kappa shape index (κ1) is 22.3. The van der Waals surface area contributed by atoms with Gasteiger partial charge in [0.2, 0.25) is 0 Å². The van der Waals surface area contributed by atoms with Crippen LogP contribution in [0.4, 0.5) is 22.0 Å². The highest BCUT2D eigenvalue weighted by molar-refractivity contribution is 5.79. The van der Waals surface area contributed by atoms with Crippen molar-refractivity contribution in [2.45, 2.75) is 31.7 Å². The number of alkyl halides is 3. The first-order valence-corrected chi connectivity index (χ1v) is 9.85. The molecule has 32 heavy (non-hydrogen) atoms. The standard InChI is InChI=1S/C22H20F5N3O2/c1-21(2)12-30(5-6-31-21)20(22(25,26)27)18-9-17-13(10-28-18)7-15(11-29-17)32-19-4-3-14(23)8-16(19)24/h3-4,7-11,20H,5-6,12H2,1-2H3. The lowest BCUT2D eigenvalue weighted by molar-refractivity contribution is -0.209. The van der Waals surface area contributed by atoms with Gasteiger partial charge in [-0.05, 0) is 38.1 Å². The summed E-state index contributed by atoms with van der Waals surface area (Å²) >= 11 is 0. The molecule has 4 rings (SSSR count). The third-order valence-electron chi connectivity index (χ3n) is 5.09. The lowest BCUT2D eigenvalue weighted by Gasteiger charge is -2.42. The Labute approximate surface area is 180 Å². The summed E-state index contributed by atoms with van der Waals surface area (Å²) in [6.45, 7) is 3.89. The highest BCUT2D eigenvalue weighted by Gasteiger charge is 2.48. The van der Waals surface area contributed by atoms with E-state index < -0.39 is 29.5 Å². The number of ether oxygens (including phenoxy) is 2. The molecule has 10 heteroatoms. The van der Waals surface area contributed by atoms with Crippen molar-refractivity contribution in [1.29, 1.82) is 0 Å². The van der Waals surface area contributed by atoms with Gasteiger partial charge < -0.3 is 9.47 Å². The van der Waals surface area contributed by atoms with Gasteiger partial charge in [0.05, 0.1) is 29.6 Å². The third kappa shape index (κ3) is 4.81. The Morgan fingerprint density at radius 2 is 1.88 bits per heavy atom. The lowest BCUT2D eigenvalue weighted by atomic mass is 10.0. The molecule has 1 aliphatic heterocycles. The number of hydrogen-bond donors (Lipinski definition) is 0. The number of hydrogen-bond acceptors (Lipinski definition) is 5. The van der Waals surface area contributed by atoms with Crippen molar-refractivity contribution in [3.8, 4) is 11.5 Å². The molecule has 0 spiro atoms. The normalized spacial score (nSPS) is 18.0. The van der Waals surface area contributed by atoms with Gasteiger partial charge in [0, 0.05) is 30.7 Å². The van der Waals surface area contributed by atoms with Crippen molar-refractivity contribution in [3.63, 3.8) is 0 Å². The van der Waals surface area contributed by atoms with Crippen LogP contribution in [0.2, 0.25) is 0 Å². The number of aromatic nitrogens is 2.